The Balaban J connectivity index is 2.24. The van der Waals surface area contributed by atoms with Crippen LogP contribution in [0.4, 0.5) is 0 Å². The fourth-order valence-electron chi connectivity index (χ4n) is 3.95. The molecule has 7 heteroatoms. The van der Waals surface area contributed by atoms with Crippen LogP contribution in [0.15, 0.2) is 0 Å². The normalized spacial score (nSPS) is 32.8. The van der Waals surface area contributed by atoms with E-state index in [0.29, 0.717) is 0 Å². The number of hydrogen-bond donors (Lipinski definition) is 0. The summed E-state index contributed by atoms with van der Waals surface area (Å²) in [6.45, 7) is 21.3. The first-order valence-corrected chi connectivity index (χ1v) is 23.9. The van der Waals surface area contributed by atoms with Gasteiger partial charge in [0.15, 0.2) is 0 Å². The topological polar surface area (TPSA) is 6.48 Å². The summed E-state index contributed by atoms with van der Waals surface area (Å²) in [5.74, 6) is 0. The maximum absolute atomic E-state index is 3.29. The fraction of sp³-hybridized carbons (Fsp3) is 1.00. The van der Waals surface area contributed by atoms with Crippen molar-refractivity contribution >= 4 is 57.8 Å². The van der Waals surface area contributed by atoms with E-state index in [9.17, 15) is 0 Å². The van der Waals surface area contributed by atoms with Gasteiger partial charge in [-0.2, -0.15) is 0 Å². The molecular weight excluding hydrogens is 492 g/mol. The Labute approximate surface area is 137 Å². The SMILES string of the molecule is C[Si]1(C)CC[Si](C)(C)[N]1[Pb][N]1[Si](C)(C)CC[Si]1(C)C. The molecule has 2 aliphatic rings. The monoisotopic (exact) mass is 524 g/mol. The summed E-state index contributed by atoms with van der Waals surface area (Å²) in [5.41, 5.74) is 0. The van der Waals surface area contributed by atoms with Gasteiger partial charge in [-0.1, -0.05) is 0 Å². The summed E-state index contributed by atoms with van der Waals surface area (Å²) in [5, 5.41) is 0. The number of rotatable bonds is 2. The van der Waals surface area contributed by atoms with E-state index in [1.54, 1.807) is 24.2 Å². The van der Waals surface area contributed by atoms with E-state index in [4.69, 9.17) is 0 Å². The third kappa shape index (κ3) is 3.24. The standard InChI is InChI=1S/2C6H16NSi2.Pb/c2*1-8(2)5-6-9(3,4)7-8;/h2*5-6H2,1-4H3;/q2*-1;+2. The van der Waals surface area contributed by atoms with E-state index < -0.39 is 57.8 Å². The Hall–Kier alpha value is 1.71. The molecule has 2 saturated heterocycles. The second kappa shape index (κ2) is 5.12. The molecule has 0 saturated carbocycles. The average Bonchev–Trinajstić information content (AvgIpc) is 2.55. The predicted octanol–water partition coefficient (Wildman–Crippen LogP) is 3.97. The zero-order chi connectivity index (χ0) is 14.7. The van der Waals surface area contributed by atoms with Crippen LogP contribution in [0.1, 0.15) is 0 Å². The van der Waals surface area contributed by atoms with E-state index in [2.05, 4.69) is 56.5 Å². The van der Waals surface area contributed by atoms with Gasteiger partial charge in [-0.25, -0.2) is 0 Å². The molecule has 2 rings (SSSR count). The minimum absolute atomic E-state index is 0.738. The van der Waals surface area contributed by atoms with Crippen LogP contribution in [-0.4, -0.2) is 61.9 Å². The number of nitrogens with zero attached hydrogens (tertiary/aromatic N) is 2. The Kier molecular flexibility index (Phi) is 4.60. The van der Waals surface area contributed by atoms with Gasteiger partial charge < -0.3 is 0 Å². The van der Waals surface area contributed by atoms with Gasteiger partial charge in [0.2, 0.25) is 0 Å². The summed E-state index contributed by atoms with van der Waals surface area (Å²) in [7, 11) is -4.05. The molecule has 2 nitrogen and oxygen atoms in total. The third-order valence-electron chi connectivity index (χ3n) is 5.32. The van der Waals surface area contributed by atoms with Crippen LogP contribution in [0.5, 0.6) is 0 Å². The van der Waals surface area contributed by atoms with Crippen molar-refractivity contribution in [3.63, 3.8) is 0 Å². The zero-order valence-corrected chi connectivity index (χ0v) is 22.1. The molecule has 0 aliphatic carbocycles. The van der Waals surface area contributed by atoms with Gasteiger partial charge in [0.05, 0.1) is 0 Å². The van der Waals surface area contributed by atoms with E-state index in [1.165, 1.54) is 0 Å². The fourth-order valence-corrected chi connectivity index (χ4v) is 55.8. The van der Waals surface area contributed by atoms with Crippen molar-refractivity contribution in [1.82, 2.24) is 4.08 Å². The Morgan fingerprint density at radius 3 is 0.947 bits per heavy atom. The van der Waals surface area contributed by atoms with Gasteiger partial charge in [0, 0.05) is 0 Å². The first kappa shape index (κ1) is 17.1. The summed E-state index contributed by atoms with van der Waals surface area (Å²) in [4.78, 5) is 0. The van der Waals surface area contributed by atoms with Crippen LogP contribution in [0, 0.1) is 0 Å². The zero-order valence-electron chi connectivity index (χ0n) is 14.2. The second-order valence-corrected chi connectivity index (χ2v) is 39.4. The van der Waals surface area contributed by atoms with Gasteiger partial charge in [-0.05, 0) is 0 Å². The van der Waals surface area contributed by atoms with E-state index in [1.807, 2.05) is 0 Å². The Bertz CT molecular complexity index is 305. The van der Waals surface area contributed by atoms with E-state index in [-0.39, 0.29) is 0 Å². The van der Waals surface area contributed by atoms with Crippen LogP contribution in [0.25, 0.3) is 0 Å². The molecule has 0 atom stereocenters. The van der Waals surface area contributed by atoms with Crippen molar-refractivity contribution < 1.29 is 0 Å². The Morgan fingerprint density at radius 2 is 0.737 bits per heavy atom. The van der Waals surface area contributed by atoms with Crippen molar-refractivity contribution in [3.8, 4) is 0 Å². The molecular formula is C12H32N2PbSi4. The summed E-state index contributed by atoms with van der Waals surface area (Å²) >= 11 is -0.738. The molecule has 0 aromatic carbocycles. The molecule has 2 radical (unpaired) electrons. The van der Waals surface area contributed by atoms with Crippen molar-refractivity contribution in [2.24, 2.45) is 0 Å². The average molecular weight is 524 g/mol. The van der Waals surface area contributed by atoms with E-state index in [0.717, 1.165) is 0 Å². The molecule has 2 heterocycles. The van der Waals surface area contributed by atoms with Crippen molar-refractivity contribution in [3.05, 3.63) is 0 Å². The summed E-state index contributed by atoms with van der Waals surface area (Å²) < 4.78 is 6.57. The minimum atomic E-state index is -1.01. The third-order valence-corrected chi connectivity index (χ3v) is 57.6. The van der Waals surface area contributed by atoms with Crippen LogP contribution < -0.4 is 0 Å². The van der Waals surface area contributed by atoms with Crippen molar-refractivity contribution in [2.45, 2.75) is 76.6 Å². The molecule has 0 amide bonds. The molecule has 110 valence electrons. The number of hydrogen-bond acceptors (Lipinski definition) is 2. The second-order valence-electron chi connectivity index (χ2n) is 9.02. The van der Waals surface area contributed by atoms with Crippen LogP contribution >= 0.6 is 0 Å². The van der Waals surface area contributed by atoms with Crippen molar-refractivity contribution in [1.29, 1.82) is 0 Å². The molecule has 0 N–H and O–H groups in total. The summed E-state index contributed by atoms with van der Waals surface area (Å²) in [6.07, 6.45) is 0. The van der Waals surface area contributed by atoms with Gasteiger partial charge in [-0.15, -0.1) is 0 Å². The first-order valence-electron chi connectivity index (χ1n) is 7.76. The van der Waals surface area contributed by atoms with E-state index >= 15 is 0 Å². The van der Waals surface area contributed by atoms with Crippen molar-refractivity contribution in [2.75, 3.05) is 0 Å². The molecule has 2 aliphatic heterocycles. The molecule has 0 spiro atoms. The molecule has 0 aromatic heterocycles. The van der Waals surface area contributed by atoms with Crippen LogP contribution in [0.3, 0.4) is 0 Å². The van der Waals surface area contributed by atoms with Crippen LogP contribution in [0.2, 0.25) is 76.6 Å². The molecule has 2 fully saturated rings. The maximum atomic E-state index is 3.29. The molecule has 19 heavy (non-hydrogen) atoms. The molecule has 0 bridgehead atoms. The van der Waals surface area contributed by atoms with Gasteiger partial charge in [-0.3, -0.25) is 0 Å². The summed E-state index contributed by atoms with van der Waals surface area (Å²) in [6, 6.07) is 6.38. The van der Waals surface area contributed by atoms with Gasteiger partial charge in [0.1, 0.15) is 0 Å². The van der Waals surface area contributed by atoms with Crippen LogP contribution in [-0.2, 0) is 0 Å². The van der Waals surface area contributed by atoms with Gasteiger partial charge in [0.25, 0.3) is 0 Å². The quantitative estimate of drug-likeness (QED) is 0.506. The predicted molar refractivity (Wildman–Crippen MR) is 98.6 cm³/mol. The Morgan fingerprint density at radius 1 is 0.526 bits per heavy atom. The molecule has 0 aromatic rings. The first-order chi connectivity index (χ1) is 8.39. The molecule has 0 unspecified atom stereocenters. The van der Waals surface area contributed by atoms with Gasteiger partial charge >= 0.3 is 138 Å².